The summed E-state index contributed by atoms with van der Waals surface area (Å²) in [6.45, 7) is 2.52. The second-order valence-corrected chi connectivity index (χ2v) is 7.15. The van der Waals surface area contributed by atoms with E-state index in [4.69, 9.17) is 11.6 Å². The van der Waals surface area contributed by atoms with Crippen LogP contribution in [-0.4, -0.2) is 35.4 Å². The van der Waals surface area contributed by atoms with E-state index in [2.05, 4.69) is 10.2 Å². The Bertz CT molecular complexity index is 804. The number of hydrogen-bond donors (Lipinski definition) is 1. The minimum Gasteiger partial charge on any atom is -0.354 e. The first-order valence-electron chi connectivity index (χ1n) is 9.02. The van der Waals surface area contributed by atoms with Crippen molar-refractivity contribution in [3.8, 4) is 0 Å². The number of likely N-dealkylation sites (tertiary alicyclic amines) is 1. The Labute approximate surface area is 163 Å². The molecule has 1 amide bonds. The molecular formula is C20H22ClN3O3. The maximum Gasteiger partial charge on any atom is 0.269 e. The predicted octanol–water partition coefficient (Wildman–Crippen LogP) is 3.74. The first-order chi connectivity index (χ1) is 13.0. The number of rotatable bonds is 7. The van der Waals surface area contributed by atoms with E-state index in [9.17, 15) is 14.9 Å². The SMILES string of the molecule is O=C(Cc1ccc([N+](=O)[O-])cc1)NCC(c1cccc(Cl)c1)N1CCCC1. The van der Waals surface area contributed by atoms with Gasteiger partial charge in [0.2, 0.25) is 5.91 Å². The summed E-state index contributed by atoms with van der Waals surface area (Å²) in [5.41, 5.74) is 1.87. The van der Waals surface area contributed by atoms with Crippen LogP contribution in [-0.2, 0) is 11.2 Å². The molecule has 1 aliphatic heterocycles. The third kappa shape index (κ3) is 5.28. The van der Waals surface area contributed by atoms with Crippen LogP contribution in [0.5, 0.6) is 0 Å². The summed E-state index contributed by atoms with van der Waals surface area (Å²) in [7, 11) is 0. The van der Waals surface area contributed by atoms with Crippen LogP contribution in [0.3, 0.4) is 0 Å². The van der Waals surface area contributed by atoms with Crippen molar-refractivity contribution < 1.29 is 9.72 Å². The van der Waals surface area contributed by atoms with Gasteiger partial charge in [0.1, 0.15) is 0 Å². The van der Waals surface area contributed by atoms with Crippen LogP contribution in [0.1, 0.15) is 30.0 Å². The Balaban J connectivity index is 1.62. The molecule has 2 aromatic carbocycles. The molecule has 1 N–H and O–H groups in total. The molecule has 3 rings (SSSR count). The molecule has 1 unspecified atom stereocenters. The van der Waals surface area contributed by atoms with Crippen LogP contribution in [0.2, 0.25) is 5.02 Å². The molecular weight excluding hydrogens is 366 g/mol. The van der Waals surface area contributed by atoms with Crippen molar-refractivity contribution in [2.24, 2.45) is 0 Å². The number of carbonyl (C=O) groups is 1. The average Bonchev–Trinajstić information content (AvgIpc) is 3.17. The van der Waals surface area contributed by atoms with Crippen LogP contribution in [0, 0.1) is 10.1 Å². The molecule has 1 saturated heterocycles. The van der Waals surface area contributed by atoms with Crippen molar-refractivity contribution in [3.05, 3.63) is 74.8 Å². The number of amides is 1. The molecule has 0 radical (unpaired) electrons. The van der Waals surface area contributed by atoms with Crippen molar-refractivity contribution in [1.29, 1.82) is 0 Å². The van der Waals surface area contributed by atoms with E-state index in [-0.39, 0.29) is 24.1 Å². The highest BCUT2D eigenvalue weighted by atomic mass is 35.5. The lowest BCUT2D eigenvalue weighted by Gasteiger charge is -2.28. The van der Waals surface area contributed by atoms with Crippen LogP contribution in [0.4, 0.5) is 5.69 Å². The van der Waals surface area contributed by atoms with Gasteiger partial charge in [-0.05, 0) is 49.2 Å². The Kier molecular flexibility index (Phi) is 6.42. The summed E-state index contributed by atoms with van der Waals surface area (Å²) in [6.07, 6.45) is 2.52. The summed E-state index contributed by atoms with van der Waals surface area (Å²) in [5, 5.41) is 14.4. The van der Waals surface area contributed by atoms with E-state index in [0.717, 1.165) is 37.1 Å². The standard InChI is InChI=1S/C20H22ClN3O3/c21-17-5-3-4-16(13-17)19(23-10-1-2-11-23)14-22-20(25)12-15-6-8-18(9-7-15)24(26)27/h3-9,13,19H,1-2,10-12,14H2,(H,22,25). The molecule has 2 aromatic rings. The number of benzene rings is 2. The highest BCUT2D eigenvalue weighted by Crippen LogP contribution is 2.26. The zero-order valence-electron chi connectivity index (χ0n) is 14.9. The molecule has 1 atom stereocenters. The fourth-order valence-electron chi connectivity index (χ4n) is 3.42. The highest BCUT2D eigenvalue weighted by molar-refractivity contribution is 6.30. The van der Waals surface area contributed by atoms with Gasteiger partial charge < -0.3 is 5.32 Å². The number of halogens is 1. The van der Waals surface area contributed by atoms with Gasteiger partial charge in [-0.25, -0.2) is 0 Å². The lowest BCUT2D eigenvalue weighted by atomic mass is 10.1. The van der Waals surface area contributed by atoms with Gasteiger partial charge in [-0.3, -0.25) is 19.8 Å². The largest absolute Gasteiger partial charge is 0.354 e. The van der Waals surface area contributed by atoms with Crippen molar-refractivity contribution in [2.45, 2.75) is 25.3 Å². The van der Waals surface area contributed by atoms with E-state index in [1.165, 1.54) is 12.1 Å². The van der Waals surface area contributed by atoms with E-state index >= 15 is 0 Å². The van der Waals surface area contributed by atoms with Crippen LogP contribution in [0.25, 0.3) is 0 Å². The number of nitro benzene ring substituents is 1. The van der Waals surface area contributed by atoms with E-state index in [1.807, 2.05) is 24.3 Å². The summed E-state index contributed by atoms with van der Waals surface area (Å²) in [6, 6.07) is 13.9. The molecule has 6 nitrogen and oxygen atoms in total. The first-order valence-corrected chi connectivity index (χ1v) is 9.40. The van der Waals surface area contributed by atoms with Gasteiger partial charge in [-0.1, -0.05) is 35.9 Å². The Morgan fingerprint density at radius 2 is 1.89 bits per heavy atom. The first kappa shape index (κ1) is 19.3. The van der Waals surface area contributed by atoms with Crippen LogP contribution < -0.4 is 5.32 Å². The monoisotopic (exact) mass is 387 g/mol. The molecule has 1 heterocycles. The molecule has 0 aliphatic carbocycles. The zero-order chi connectivity index (χ0) is 19.2. The van der Waals surface area contributed by atoms with Gasteiger partial charge in [0.05, 0.1) is 17.4 Å². The third-order valence-electron chi connectivity index (χ3n) is 4.82. The quantitative estimate of drug-likeness (QED) is 0.580. The molecule has 0 spiro atoms. The molecule has 0 bridgehead atoms. The molecule has 7 heteroatoms. The molecule has 142 valence electrons. The van der Waals surface area contributed by atoms with Crippen molar-refractivity contribution in [3.63, 3.8) is 0 Å². The van der Waals surface area contributed by atoms with Crippen molar-refractivity contribution >= 4 is 23.2 Å². The van der Waals surface area contributed by atoms with Gasteiger partial charge >= 0.3 is 0 Å². The fraction of sp³-hybridized carbons (Fsp3) is 0.350. The summed E-state index contributed by atoms with van der Waals surface area (Å²) < 4.78 is 0. The van der Waals surface area contributed by atoms with Crippen molar-refractivity contribution in [2.75, 3.05) is 19.6 Å². The van der Waals surface area contributed by atoms with Gasteiger partial charge in [-0.2, -0.15) is 0 Å². The van der Waals surface area contributed by atoms with Gasteiger partial charge in [0, 0.05) is 23.7 Å². The second-order valence-electron chi connectivity index (χ2n) is 6.72. The zero-order valence-corrected chi connectivity index (χ0v) is 15.7. The normalized spacial score (nSPS) is 15.4. The van der Waals surface area contributed by atoms with E-state index < -0.39 is 4.92 Å². The summed E-state index contributed by atoms with van der Waals surface area (Å²) in [5.74, 6) is -0.102. The lowest BCUT2D eigenvalue weighted by Crippen LogP contribution is -2.37. The number of carbonyl (C=O) groups excluding carboxylic acids is 1. The summed E-state index contributed by atoms with van der Waals surface area (Å²) in [4.78, 5) is 25.0. The lowest BCUT2D eigenvalue weighted by molar-refractivity contribution is -0.384. The molecule has 1 fully saturated rings. The summed E-state index contributed by atoms with van der Waals surface area (Å²) >= 11 is 6.15. The molecule has 1 aliphatic rings. The third-order valence-corrected chi connectivity index (χ3v) is 5.05. The van der Waals surface area contributed by atoms with E-state index in [0.29, 0.717) is 11.6 Å². The molecule has 0 saturated carbocycles. The smallest absolute Gasteiger partial charge is 0.269 e. The Hall–Kier alpha value is -2.44. The Morgan fingerprint density at radius 1 is 1.19 bits per heavy atom. The number of nitrogens with zero attached hydrogens (tertiary/aromatic N) is 2. The number of nitro groups is 1. The van der Waals surface area contributed by atoms with Gasteiger partial charge in [0.25, 0.3) is 5.69 Å². The molecule has 0 aromatic heterocycles. The predicted molar refractivity (Wildman–Crippen MR) is 105 cm³/mol. The fourth-order valence-corrected chi connectivity index (χ4v) is 3.62. The van der Waals surface area contributed by atoms with Gasteiger partial charge in [0.15, 0.2) is 0 Å². The van der Waals surface area contributed by atoms with Crippen LogP contribution in [0.15, 0.2) is 48.5 Å². The van der Waals surface area contributed by atoms with Gasteiger partial charge in [-0.15, -0.1) is 0 Å². The highest BCUT2D eigenvalue weighted by Gasteiger charge is 2.24. The number of non-ortho nitro benzene ring substituents is 1. The van der Waals surface area contributed by atoms with Crippen LogP contribution >= 0.6 is 11.6 Å². The maximum atomic E-state index is 12.4. The number of hydrogen-bond acceptors (Lipinski definition) is 4. The van der Waals surface area contributed by atoms with Crippen molar-refractivity contribution in [1.82, 2.24) is 10.2 Å². The van der Waals surface area contributed by atoms with E-state index in [1.54, 1.807) is 12.1 Å². The second kappa shape index (κ2) is 8.97. The minimum absolute atomic E-state index is 0.0224. The Morgan fingerprint density at radius 3 is 2.52 bits per heavy atom. The molecule has 27 heavy (non-hydrogen) atoms. The number of nitrogens with one attached hydrogen (secondary N) is 1. The topological polar surface area (TPSA) is 75.5 Å². The minimum atomic E-state index is -0.449. The maximum absolute atomic E-state index is 12.4. The average molecular weight is 388 g/mol.